The van der Waals surface area contributed by atoms with E-state index in [1.807, 2.05) is 30.3 Å². The number of amides is 2. The second-order valence-electron chi connectivity index (χ2n) is 8.02. The van der Waals surface area contributed by atoms with Gasteiger partial charge in [0.05, 0.1) is 7.11 Å². The molecule has 0 aliphatic heterocycles. The maximum Gasteiger partial charge on any atom is 0.272 e. The van der Waals surface area contributed by atoms with E-state index in [4.69, 9.17) is 4.74 Å². The van der Waals surface area contributed by atoms with Gasteiger partial charge >= 0.3 is 0 Å². The van der Waals surface area contributed by atoms with Crippen LogP contribution in [0.15, 0.2) is 114 Å². The van der Waals surface area contributed by atoms with Gasteiger partial charge in [-0.2, -0.15) is 0 Å². The van der Waals surface area contributed by atoms with Crippen LogP contribution in [0, 0.1) is 5.82 Å². The van der Waals surface area contributed by atoms with Gasteiger partial charge in [0.2, 0.25) is 0 Å². The molecule has 37 heavy (non-hydrogen) atoms. The van der Waals surface area contributed by atoms with Crippen LogP contribution in [0.25, 0.3) is 6.08 Å². The number of hydrogen-bond donors (Lipinski definition) is 2. The van der Waals surface area contributed by atoms with Crippen LogP contribution in [0.4, 0.5) is 10.1 Å². The van der Waals surface area contributed by atoms with Crippen molar-refractivity contribution in [1.29, 1.82) is 0 Å². The SMILES string of the molecule is COc1cccc(/C=C(/NC(=O)c2ccccc2)C(=O)Nc2cccc(SCc3ccccc3F)c2)c1. The summed E-state index contributed by atoms with van der Waals surface area (Å²) in [5.74, 6) is -0.0519. The monoisotopic (exact) mass is 512 g/mol. The van der Waals surface area contributed by atoms with Crippen molar-refractivity contribution in [3.63, 3.8) is 0 Å². The molecule has 0 saturated heterocycles. The first kappa shape index (κ1) is 25.7. The van der Waals surface area contributed by atoms with Crippen LogP contribution in [0.5, 0.6) is 5.75 Å². The first-order valence-electron chi connectivity index (χ1n) is 11.5. The quantitative estimate of drug-likeness (QED) is 0.198. The van der Waals surface area contributed by atoms with Crippen molar-refractivity contribution in [2.75, 3.05) is 12.4 Å². The van der Waals surface area contributed by atoms with E-state index in [2.05, 4.69) is 10.6 Å². The van der Waals surface area contributed by atoms with Crippen LogP contribution in [-0.4, -0.2) is 18.9 Å². The van der Waals surface area contributed by atoms with E-state index in [-0.39, 0.29) is 11.5 Å². The van der Waals surface area contributed by atoms with Crippen molar-refractivity contribution in [2.45, 2.75) is 10.6 Å². The van der Waals surface area contributed by atoms with Crippen LogP contribution in [0.2, 0.25) is 0 Å². The summed E-state index contributed by atoms with van der Waals surface area (Å²) in [5, 5.41) is 5.59. The van der Waals surface area contributed by atoms with Crippen molar-refractivity contribution in [3.8, 4) is 5.75 Å². The molecular formula is C30H25FN2O3S. The van der Waals surface area contributed by atoms with Gasteiger partial charge in [-0.3, -0.25) is 9.59 Å². The fourth-order valence-electron chi connectivity index (χ4n) is 3.48. The molecule has 4 aromatic rings. The minimum Gasteiger partial charge on any atom is -0.497 e. The van der Waals surface area contributed by atoms with Crippen LogP contribution < -0.4 is 15.4 Å². The Bertz CT molecular complexity index is 1420. The molecule has 0 bridgehead atoms. The molecule has 0 atom stereocenters. The molecule has 0 radical (unpaired) electrons. The summed E-state index contributed by atoms with van der Waals surface area (Å²) >= 11 is 1.46. The first-order valence-corrected chi connectivity index (χ1v) is 12.5. The third-order valence-corrected chi connectivity index (χ3v) is 6.42. The highest BCUT2D eigenvalue weighted by Crippen LogP contribution is 2.26. The number of nitrogens with one attached hydrogen (secondary N) is 2. The zero-order valence-corrected chi connectivity index (χ0v) is 20.9. The van der Waals surface area contributed by atoms with Crippen molar-refractivity contribution in [2.24, 2.45) is 0 Å². The number of carbonyl (C=O) groups excluding carboxylic acids is 2. The van der Waals surface area contributed by atoms with E-state index in [1.165, 1.54) is 17.8 Å². The van der Waals surface area contributed by atoms with Gasteiger partial charge in [-0.1, -0.05) is 54.6 Å². The number of benzene rings is 4. The molecule has 4 rings (SSSR count). The summed E-state index contributed by atoms with van der Waals surface area (Å²) < 4.78 is 19.2. The summed E-state index contributed by atoms with van der Waals surface area (Å²) in [6.45, 7) is 0. The minimum absolute atomic E-state index is 0.0755. The largest absolute Gasteiger partial charge is 0.497 e. The number of thioether (sulfide) groups is 1. The average molecular weight is 513 g/mol. The maximum atomic E-state index is 14.0. The van der Waals surface area contributed by atoms with Crippen molar-refractivity contribution in [1.82, 2.24) is 5.32 Å². The third kappa shape index (κ3) is 7.32. The number of ether oxygens (including phenoxy) is 1. The van der Waals surface area contributed by atoms with Crippen molar-refractivity contribution < 1.29 is 18.7 Å². The number of methoxy groups -OCH3 is 1. The van der Waals surface area contributed by atoms with Gasteiger partial charge in [-0.15, -0.1) is 11.8 Å². The smallest absolute Gasteiger partial charge is 0.272 e. The molecule has 0 aromatic heterocycles. The lowest BCUT2D eigenvalue weighted by Crippen LogP contribution is -2.30. The Hall–Kier alpha value is -4.36. The Morgan fingerprint density at radius 2 is 1.65 bits per heavy atom. The third-order valence-electron chi connectivity index (χ3n) is 5.38. The Balaban J connectivity index is 1.53. The van der Waals surface area contributed by atoms with Gasteiger partial charge in [0, 0.05) is 21.9 Å². The van der Waals surface area contributed by atoms with Crippen LogP contribution in [0.3, 0.4) is 0 Å². The second-order valence-corrected chi connectivity index (χ2v) is 9.07. The van der Waals surface area contributed by atoms with E-state index in [0.29, 0.717) is 33.9 Å². The summed E-state index contributed by atoms with van der Waals surface area (Å²) in [6.07, 6.45) is 1.59. The highest BCUT2D eigenvalue weighted by molar-refractivity contribution is 7.98. The van der Waals surface area contributed by atoms with Crippen LogP contribution in [0.1, 0.15) is 21.5 Å². The predicted octanol–water partition coefficient (Wildman–Crippen LogP) is 6.54. The molecule has 186 valence electrons. The lowest BCUT2D eigenvalue weighted by atomic mass is 10.1. The van der Waals surface area contributed by atoms with Gasteiger partial charge in [0.15, 0.2) is 0 Å². The number of hydrogen-bond acceptors (Lipinski definition) is 4. The minimum atomic E-state index is -0.483. The molecule has 0 unspecified atom stereocenters. The van der Waals surface area contributed by atoms with Crippen molar-refractivity contribution in [3.05, 3.63) is 131 Å². The van der Waals surface area contributed by atoms with Gasteiger partial charge in [-0.05, 0) is 65.7 Å². The van der Waals surface area contributed by atoms with Gasteiger partial charge in [0.1, 0.15) is 17.3 Å². The molecule has 2 amide bonds. The predicted molar refractivity (Wildman–Crippen MR) is 146 cm³/mol. The van der Waals surface area contributed by atoms with Gasteiger partial charge in [0.25, 0.3) is 11.8 Å². The topological polar surface area (TPSA) is 67.4 Å². The molecular weight excluding hydrogens is 487 g/mol. The number of anilines is 1. The lowest BCUT2D eigenvalue weighted by molar-refractivity contribution is -0.113. The lowest BCUT2D eigenvalue weighted by Gasteiger charge is -2.12. The highest BCUT2D eigenvalue weighted by Gasteiger charge is 2.15. The molecule has 5 nitrogen and oxygen atoms in total. The molecule has 7 heteroatoms. The maximum absolute atomic E-state index is 14.0. The Morgan fingerprint density at radius 3 is 2.43 bits per heavy atom. The van der Waals surface area contributed by atoms with Crippen molar-refractivity contribution >= 4 is 35.3 Å². The standard InChI is InChI=1S/C30H25FN2O3S/c1-36-25-14-7-9-21(17-25)18-28(33-29(34)22-10-3-2-4-11-22)30(35)32-24-13-8-15-26(19-24)37-20-23-12-5-6-16-27(23)31/h2-19H,20H2,1H3,(H,32,35)(H,33,34)/b28-18+. The summed E-state index contributed by atoms with van der Waals surface area (Å²) in [6, 6.07) is 29.8. The molecule has 0 aliphatic rings. The van der Waals surface area contributed by atoms with E-state index in [9.17, 15) is 14.0 Å². The molecule has 0 aliphatic carbocycles. The van der Waals surface area contributed by atoms with E-state index >= 15 is 0 Å². The molecule has 0 saturated carbocycles. The molecule has 0 spiro atoms. The summed E-state index contributed by atoms with van der Waals surface area (Å²) in [5.41, 5.74) is 2.35. The Kier molecular flexibility index (Phi) is 8.73. The molecule has 0 fully saturated rings. The summed E-state index contributed by atoms with van der Waals surface area (Å²) in [4.78, 5) is 27.0. The number of rotatable bonds is 9. The van der Waals surface area contributed by atoms with E-state index < -0.39 is 11.8 Å². The number of carbonyl (C=O) groups is 2. The fourth-order valence-corrected chi connectivity index (χ4v) is 4.42. The Labute approximate surface area is 219 Å². The first-order chi connectivity index (χ1) is 18.0. The number of halogens is 1. The zero-order chi connectivity index (χ0) is 26.0. The van der Waals surface area contributed by atoms with Crippen LogP contribution >= 0.6 is 11.8 Å². The second kappa shape index (κ2) is 12.6. The molecule has 2 N–H and O–H groups in total. The van der Waals surface area contributed by atoms with Crippen LogP contribution in [-0.2, 0) is 10.5 Å². The fraction of sp³-hybridized carbons (Fsp3) is 0.0667. The summed E-state index contributed by atoms with van der Waals surface area (Å²) in [7, 11) is 1.56. The Morgan fingerprint density at radius 1 is 0.892 bits per heavy atom. The van der Waals surface area contributed by atoms with Gasteiger partial charge < -0.3 is 15.4 Å². The van der Waals surface area contributed by atoms with E-state index in [0.717, 1.165) is 4.90 Å². The molecule has 4 aromatic carbocycles. The highest BCUT2D eigenvalue weighted by atomic mass is 32.2. The van der Waals surface area contributed by atoms with Gasteiger partial charge in [-0.25, -0.2) is 4.39 Å². The molecule has 0 heterocycles. The van der Waals surface area contributed by atoms with E-state index in [1.54, 1.807) is 79.9 Å². The zero-order valence-electron chi connectivity index (χ0n) is 20.1. The normalized spacial score (nSPS) is 11.0. The average Bonchev–Trinajstić information content (AvgIpc) is 2.93.